The lowest BCUT2D eigenvalue weighted by Crippen LogP contribution is -2.46. The lowest BCUT2D eigenvalue weighted by molar-refractivity contribution is 0.194. The standard InChI is InChI=1S/C12H15ClN2O3S2/c1-8-4-3-5-15(12(8)14-7-16)20(17,18)10-6-9(2)11(13)19-10/h6,8,12H,3-5H2,1-2H3. The molecule has 0 aliphatic carbocycles. The molecule has 0 amide bonds. The molecule has 1 aliphatic heterocycles. The van der Waals surface area contributed by atoms with Crippen molar-refractivity contribution < 1.29 is 13.2 Å². The molecule has 110 valence electrons. The average Bonchev–Trinajstić information content (AvgIpc) is 2.73. The first-order valence-corrected chi connectivity index (χ1v) is 8.86. The van der Waals surface area contributed by atoms with Gasteiger partial charge >= 0.3 is 0 Å². The molecule has 2 unspecified atom stereocenters. The van der Waals surface area contributed by atoms with Gasteiger partial charge in [0.05, 0.1) is 4.34 Å². The number of isocyanates is 1. The SMILES string of the molecule is Cc1cc(S(=O)(=O)N2CCCC(C)C2N=C=O)sc1Cl. The Balaban J connectivity index is 2.43. The van der Waals surface area contributed by atoms with Gasteiger partial charge in [-0.3, -0.25) is 0 Å². The monoisotopic (exact) mass is 334 g/mol. The molecule has 0 bridgehead atoms. The molecule has 8 heteroatoms. The van der Waals surface area contributed by atoms with Crippen molar-refractivity contribution in [2.24, 2.45) is 10.9 Å². The minimum Gasteiger partial charge on any atom is -0.211 e. The van der Waals surface area contributed by atoms with E-state index in [9.17, 15) is 13.2 Å². The van der Waals surface area contributed by atoms with Gasteiger partial charge in [0.2, 0.25) is 6.08 Å². The Labute approximate surface area is 127 Å². The van der Waals surface area contributed by atoms with Gasteiger partial charge < -0.3 is 0 Å². The number of hydrogen-bond donors (Lipinski definition) is 0. The Morgan fingerprint density at radius 1 is 1.55 bits per heavy atom. The maximum absolute atomic E-state index is 12.7. The van der Waals surface area contributed by atoms with Crippen LogP contribution in [0.25, 0.3) is 0 Å². The van der Waals surface area contributed by atoms with Gasteiger partial charge in [-0.15, -0.1) is 11.3 Å². The molecule has 1 saturated heterocycles. The van der Waals surface area contributed by atoms with Crippen LogP contribution < -0.4 is 0 Å². The summed E-state index contributed by atoms with van der Waals surface area (Å²) in [5.41, 5.74) is 0.732. The summed E-state index contributed by atoms with van der Waals surface area (Å²) in [5.74, 6) is -0.00324. The summed E-state index contributed by atoms with van der Waals surface area (Å²) in [6, 6.07) is 1.56. The van der Waals surface area contributed by atoms with Gasteiger partial charge in [0.25, 0.3) is 10.0 Å². The normalized spacial score (nSPS) is 24.4. The number of nitrogens with zero attached hydrogens (tertiary/aromatic N) is 2. The van der Waals surface area contributed by atoms with Crippen molar-refractivity contribution in [2.75, 3.05) is 6.54 Å². The number of halogens is 1. The molecule has 2 rings (SSSR count). The van der Waals surface area contributed by atoms with E-state index in [1.54, 1.807) is 13.0 Å². The predicted octanol–water partition coefficient (Wildman–Crippen LogP) is 2.79. The van der Waals surface area contributed by atoms with Gasteiger partial charge in [-0.25, -0.2) is 13.2 Å². The maximum atomic E-state index is 12.7. The number of thiophene rings is 1. The van der Waals surface area contributed by atoms with Gasteiger partial charge in [0.1, 0.15) is 10.4 Å². The summed E-state index contributed by atoms with van der Waals surface area (Å²) < 4.78 is 27.3. The van der Waals surface area contributed by atoms with Crippen molar-refractivity contribution in [3.8, 4) is 0 Å². The Kier molecular flexibility index (Phi) is 4.66. The summed E-state index contributed by atoms with van der Waals surface area (Å²) in [7, 11) is -3.67. The van der Waals surface area contributed by atoms with Crippen LogP contribution in [-0.4, -0.2) is 31.5 Å². The highest BCUT2D eigenvalue weighted by Gasteiger charge is 2.38. The van der Waals surface area contributed by atoms with Crippen molar-refractivity contribution in [2.45, 2.75) is 37.1 Å². The van der Waals surface area contributed by atoms with E-state index < -0.39 is 16.2 Å². The van der Waals surface area contributed by atoms with E-state index in [0.717, 1.165) is 29.7 Å². The summed E-state index contributed by atoms with van der Waals surface area (Å²) in [6.07, 6.45) is 2.40. The van der Waals surface area contributed by atoms with E-state index in [1.807, 2.05) is 6.92 Å². The first-order valence-electron chi connectivity index (χ1n) is 6.22. The molecule has 2 atom stereocenters. The number of aryl methyl sites for hydroxylation is 1. The lowest BCUT2D eigenvalue weighted by atomic mass is 9.98. The molecule has 0 spiro atoms. The van der Waals surface area contributed by atoms with E-state index in [0.29, 0.717) is 10.9 Å². The second-order valence-corrected chi connectivity index (χ2v) is 8.66. The Bertz CT molecular complexity index is 630. The Morgan fingerprint density at radius 2 is 2.25 bits per heavy atom. The third-order valence-corrected chi connectivity index (χ3v) is 7.30. The van der Waals surface area contributed by atoms with Crippen LogP contribution in [-0.2, 0) is 14.8 Å². The fourth-order valence-corrected chi connectivity index (χ4v) is 5.81. The Morgan fingerprint density at radius 3 is 2.80 bits per heavy atom. The van der Waals surface area contributed by atoms with Crippen molar-refractivity contribution in [3.63, 3.8) is 0 Å². The topological polar surface area (TPSA) is 66.8 Å². The fourth-order valence-electron chi connectivity index (χ4n) is 2.32. The Hall–Kier alpha value is -0.720. The molecule has 0 saturated carbocycles. The average molecular weight is 335 g/mol. The van der Waals surface area contributed by atoms with Crippen LogP contribution in [0.3, 0.4) is 0 Å². The number of hydrogen-bond acceptors (Lipinski definition) is 5. The third kappa shape index (κ3) is 2.82. The van der Waals surface area contributed by atoms with Gasteiger partial charge in [0, 0.05) is 6.54 Å². The summed E-state index contributed by atoms with van der Waals surface area (Å²) in [5, 5.41) is 0. The highest BCUT2D eigenvalue weighted by atomic mass is 35.5. The first kappa shape index (κ1) is 15.7. The van der Waals surface area contributed by atoms with Gasteiger partial charge in [-0.2, -0.15) is 9.30 Å². The zero-order valence-electron chi connectivity index (χ0n) is 11.2. The summed E-state index contributed by atoms with van der Waals surface area (Å²) >= 11 is 6.98. The van der Waals surface area contributed by atoms with Gasteiger partial charge in [-0.1, -0.05) is 18.5 Å². The smallest absolute Gasteiger partial charge is 0.211 e. The molecule has 1 aromatic heterocycles. The van der Waals surface area contributed by atoms with Crippen LogP contribution >= 0.6 is 22.9 Å². The number of aliphatic imine (C=N–C) groups is 1. The molecule has 5 nitrogen and oxygen atoms in total. The minimum atomic E-state index is -3.67. The van der Waals surface area contributed by atoms with E-state index >= 15 is 0 Å². The summed E-state index contributed by atoms with van der Waals surface area (Å²) in [6.45, 7) is 4.01. The zero-order chi connectivity index (χ0) is 14.9. The van der Waals surface area contributed by atoms with E-state index in [1.165, 1.54) is 10.4 Å². The van der Waals surface area contributed by atoms with Crippen LogP contribution in [0.5, 0.6) is 0 Å². The van der Waals surface area contributed by atoms with Crippen LogP contribution in [0.2, 0.25) is 4.34 Å². The number of sulfonamides is 1. The van der Waals surface area contributed by atoms with Crippen LogP contribution in [0.15, 0.2) is 15.3 Å². The molecule has 0 N–H and O–H groups in total. The second-order valence-electron chi connectivity index (χ2n) is 4.89. The molecular weight excluding hydrogens is 320 g/mol. The van der Waals surface area contributed by atoms with E-state index in [-0.39, 0.29) is 10.1 Å². The lowest BCUT2D eigenvalue weighted by Gasteiger charge is -2.35. The van der Waals surface area contributed by atoms with E-state index in [2.05, 4.69) is 4.99 Å². The van der Waals surface area contributed by atoms with Crippen molar-refractivity contribution in [1.82, 2.24) is 4.31 Å². The third-order valence-electron chi connectivity index (χ3n) is 3.42. The molecule has 1 aliphatic rings. The zero-order valence-corrected chi connectivity index (χ0v) is 13.6. The molecule has 2 heterocycles. The highest BCUT2D eigenvalue weighted by molar-refractivity contribution is 7.91. The highest BCUT2D eigenvalue weighted by Crippen LogP contribution is 2.35. The van der Waals surface area contributed by atoms with Crippen molar-refractivity contribution in [1.29, 1.82) is 0 Å². The summed E-state index contributed by atoms with van der Waals surface area (Å²) in [4.78, 5) is 14.2. The van der Waals surface area contributed by atoms with Crippen LogP contribution in [0.1, 0.15) is 25.3 Å². The molecule has 1 fully saturated rings. The quantitative estimate of drug-likeness (QED) is 0.630. The molecule has 1 aromatic rings. The van der Waals surface area contributed by atoms with Crippen molar-refractivity contribution >= 4 is 39.0 Å². The van der Waals surface area contributed by atoms with Crippen molar-refractivity contribution in [3.05, 3.63) is 16.0 Å². The van der Waals surface area contributed by atoms with Crippen LogP contribution in [0.4, 0.5) is 0 Å². The van der Waals surface area contributed by atoms with Gasteiger partial charge in [-0.05, 0) is 37.3 Å². The van der Waals surface area contributed by atoms with E-state index in [4.69, 9.17) is 11.6 Å². The number of rotatable bonds is 3. The molecule has 20 heavy (non-hydrogen) atoms. The largest absolute Gasteiger partial charge is 0.254 e. The van der Waals surface area contributed by atoms with Crippen LogP contribution in [0, 0.1) is 12.8 Å². The predicted molar refractivity (Wildman–Crippen MR) is 78.3 cm³/mol. The first-order chi connectivity index (χ1) is 9.37. The number of carbonyl (C=O) groups excluding carboxylic acids is 1. The molecule has 0 radical (unpaired) electrons. The fraction of sp³-hybridized carbons (Fsp3) is 0.583. The molecular formula is C12H15ClN2O3S2. The second kappa shape index (κ2) is 5.95. The minimum absolute atomic E-state index is 0.00324. The maximum Gasteiger partial charge on any atom is 0.254 e. The molecule has 0 aromatic carbocycles. The van der Waals surface area contributed by atoms with Gasteiger partial charge in [0.15, 0.2) is 0 Å². The number of piperidine rings is 1.